The number of aromatic nitrogens is 2. The summed E-state index contributed by atoms with van der Waals surface area (Å²) in [5.74, 6) is 0. The van der Waals surface area contributed by atoms with Crippen molar-refractivity contribution in [2.45, 2.75) is 44.8 Å². The van der Waals surface area contributed by atoms with Crippen LogP contribution in [-0.4, -0.2) is 32.8 Å². The summed E-state index contributed by atoms with van der Waals surface area (Å²) in [6.45, 7) is 2.90. The Labute approximate surface area is 136 Å². The third-order valence-corrected chi connectivity index (χ3v) is 4.34. The third-order valence-electron chi connectivity index (χ3n) is 3.47. The highest BCUT2D eigenvalue weighted by atomic mass is 32.1. The molecule has 2 rings (SSSR count). The minimum Gasteiger partial charge on any atom is -0.756 e. The first-order valence-corrected chi connectivity index (χ1v) is 8.48. The van der Waals surface area contributed by atoms with Gasteiger partial charge < -0.3 is 23.2 Å². The van der Waals surface area contributed by atoms with Crippen LogP contribution in [0.4, 0.5) is 0 Å². The molecule has 0 aliphatic carbocycles. The van der Waals surface area contributed by atoms with Crippen molar-refractivity contribution >= 4 is 20.7 Å². The van der Waals surface area contributed by atoms with Gasteiger partial charge in [-0.15, -0.1) is 0 Å². The number of nitrogens with one attached hydrogen (secondary N) is 1. The van der Waals surface area contributed by atoms with Crippen molar-refractivity contribution in [3.05, 3.63) is 32.6 Å². The van der Waals surface area contributed by atoms with E-state index in [-0.39, 0.29) is 6.42 Å². The lowest BCUT2D eigenvalue weighted by atomic mass is 10.1. The highest BCUT2D eigenvalue weighted by Gasteiger charge is 2.41. The SMILES string of the molecule is Cc1cn([C@H]2CC(OS)[C@@H]([C@H](C)OP(=O)([O-])O)O2)c(=O)[nH]c1=O. The quantitative estimate of drug-likeness (QED) is 0.350. The zero-order valence-electron chi connectivity index (χ0n) is 12.2. The Morgan fingerprint density at radius 1 is 1.61 bits per heavy atom. The lowest BCUT2D eigenvalue weighted by Gasteiger charge is -2.27. The summed E-state index contributed by atoms with van der Waals surface area (Å²) in [6.07, 6.45) is -1.96. The monoisotopic (exact) mass is 367 g/mol. The van der Waals surface area contributed by atoms with Crippen molar-refractivity contribution in [1.82, 2.24) is 9.55 Å². The molecule has 1 aliphatic heterocycles. The van der Waals surface area contributed by atoms with Crippen LogP contribution in [0.25, 0.3) is 0 Å². The molecule has 1 aromatic heterocycles. The molecule has 0 bridgehead atoms. The van der Waals surface area contributed by atoms with E-state index in [9.17, 15) is 19.0 Å². The Balaban J connectivity index is 2.25. The second-order valence-electron chi connectivity index (χ2n) is 5.19. The number of hydrogen-bond donors (Lipinski definition) is 3. The standard InChI is InChI=1S/C11H17N2O8PS/c1-5-4-13(11(15)12-10(5)14)8-3-7(21-23)9(19-8)6(2)20-22(16,17)18/h4,6-9,23H,3H2,1-2H3,(H,12,14,15)(H2,16,17,18)/p-1/t6-,7?,8+,9+/m0/s1. The van der Waals surface area contributed by atoms with Crippen LogP contribution >= 0.6 is 20.7 Å². The molecule has 2 unspecified atom stereocenters. The van der Waals surface area contributed by atoms with E-state index < -0.39 is 43.6 Å². The molecule has 10 nitrogen and oxygen atoms in total. The van der Waals surface area contributed by atoms with Crippen LogP contribution in [0.15, 0.2) is 15.8 Å². The molecule has 0 amide bonds. The van der Waals surface area contributed by atoms with Crippen molar-refractivity contribution in [2.75, 3.05) is 0 Å². The molecule has 0 aromatic carbocycles. The van der Waals surface area contributed by atoms with E-state index in [4.69, 9.17) is 13.8 Å². The summed E-state index contributed by atoms with van der Waals surface area (Å²) in [6, 6.07) is 0. The zero-order valence-corrected chi connectivity index (χ0v) is 14.0. The van der Waals surface area contributed by atoms with Crippen LogP contribution in [0.3, 0.4) is 0 Å². The largest absolute Gasteiger partial charge is 0.756 e. The Morgan fingerprint density at radius 3 is 2.83 bits per heavy atom. The third kappa shape index (κ3) is 4.32. The Hall–Kier alpha value is -0.940. The Morgan fingerprint density at radius 2 is 2.26 bits per heavy atom. The topological polar surface area (TPSA) is 143 Å². The second-order valence-corrected chi connectivity index (χ2v) is 6.55. The van der Waals surface area contributed by atoms with E-state index in [1.165, 1.54) is 24.6 Å². The number of aromatic amines is 1. The molecule has 1 saturated heterocycles. The smallest absolute Gasteiger partial charge is 0.330 e. The van der Waals surface area contributed by atoms with E-state index >= 15 is 0 Å². The fraction of sp³-hybridized carbons (Fsp3) is 0.636. The molecular formula is C11H16N2O8PS-. The van der Waals surface area contributed by atoms with Gasteiger partial charge in [0.1, 0.15) is 18.4 Å². The van der Waals surface area contributed by atoms with E-state index in [2.05, 4.69) is 22.4 Å². The van der Waals surface area contributed by atoms with E-state index in [1.807, 2.05) is 0 Å². The predicted molar refractivity (Wildman–Crippen MR) is 78.8 cm³/mol. The summed E-state index contributed by atoms with van der Waals surface area (Å²) in [5.41, 5.74) is -0.870. The van der Waals surface area contributed by atoms with Crippen LogP contribution < -0.4 is 16.1 Å². The van der Waals surface area contributed by atoms with Crippen LogP contribution in [-0.2, 0) is 18.0 Å². The highest BCUT2D eigenvalue weighted by molar-refractivity contribution is 7.75. The van der Waals surface area contributed by atoms with Crippen molar-refractivity contribution in [1.29, 1.82) is 0 Å². The first-order valence-electron chi connectivity index (χ1n) is 6.62. The van der Waals surface area contributed by atoms with Gasteiger partial charge in [-0.25, -0.2) is 4.79 Å². The van der Waals surface area contributed by atoms with Gasteiger partial charge in [0.25, 0.3) is 13.4 Å². The highest BCUT2D eigenvalue weighted by Crippen LogP contribution is 2.39. The number of nitrogens with zero attached hydrogens (tertiary/aromatic N) is 1. The zero-order chi connectivity index (χ0) is 17.4. The molecule has 5 atom stereocenters. The molecule has 1 fully saturated rings. The number of phosphoric acid groups is 1. The molecule has 0 radical (unpaired) electrons. The van der Waals surface area contributed by atoms with Crippen molar-refractivity contribution in [3.8, 4) is 0 Å². The first-order chi connectivity index (χ1) is 10.6. The molecule has 1 aliphatic rings. The van der Waals surface area contributed by atoms with E-state index in [1.54, 1.807) is 0 Å². The Kier molecular flexibility index (Phi) is 5.52. The number of phosphoric ester groups is 1. The Bertz CT molecular complexity index is 727. The van der Waals surface area contributed by atoms with Gasteiger partial charge in [0.05, 0.1) is 6.10 Å². The molecular weight excluding hydrogens is 351 g/mol. The van der Waals surface area contributed by atoms with Gasteiger partial charge in [-0.2, -0.15) is 0 Å². The van der Waals surface area contributed by atoms with Crippen LogP contribution in [0.1, 0.15) is 25.1 Å². The maximum atomic E-state index is 11.9. The maximum absolute atomic E-state index is 11.9. The average molecular weight is 367 g/mol. The van der Waals surface area contributed by atoms with Crippen LogP contribution in [0, 0.1) is 6.92 Å². The minimum atomic E-state index is -4.95. The van der Waals surface area contributed by atoms with Gasteiger partial charge in [-0.1, -0.05) is 0 Å². The molecule has 1 aromatic rings. The molecule has 0 saturated carbocycles. The molecule has 130 valence electrons. The predicted octanol–water partition coefficient (Wildman–Crippen LogP) is -0.772. The fourth-order valence-electron chi connectivity index (χ4n) is 2.42. The van der Waals surface area contributed by atoms with Gasteiger partial charge in [0, 0.05) is 18.2 Å². The van der Waals surface area contributed by atoms with Gasteiger partial charge in [-0.05, 0) is 26.8 Å². The van der Waals surface area contributed by atoms with Gasteiger partial charge in [0.15, 0.2) is 0 Å². The first kappa shape index (κ1) is 18.4. The second kappa shape index (κ2) is 6.89. The van der Waals surface area contributed by atoms with E-state index in [0.29, 0.717) is 5.56 Å². The van der Waals surface area contributed by atoms with Gasteiger partial charge in [-0.3, -0.25) is 18.9 Å². The average Bonchev–Trinajstić information content (AvgIpc) is 2.85. The number of H-pyrrole nitrogens is 1. The van der Waals surface area contributed by atoms with Crippen molar-refractivity contribution < 1.29 is 27.8 Å². The molecule has 0 spiro atoms. The number of thiol groups is 1. The van der Waals surface area contributed by atoms with Gasteiger partial charge in [0.2, 0.25) is 0 Å². The summed E-state index contributed by atoms with van der Waals surface area (Å²) in [7, 11) is -4.95. The number of rotatable bonds is 5. The molecule has 2 heterocycles. The number of hydrogen-bond acceptors (Lipinski definition) is 8. The molecule has 23 heavy (non-hydrogen) atoms. The number of ether oxygens (including phenoxy) is 1. The summed E-state index contributed by atoms with van der Waals surface area (Å²) in [5, 5.41) is 0. The fourth-order valence-corrected chi connectivity index (χ4v) is 3.17. The van der Waals surface area contributed by atoms with Gasteiger partial charge >= 0.3 is 5.69 Å². The summed E-state index contributed by atoms with van der Waals surface area (Å²) >= 11 is 3.71. The lowest BCUT2D eigenvalue weighted by molar-refractivity contribution is -0.228. The number of aryl methyl sites for hydroxylation is 1. The van der Waals surface area contributed by atoms with Crippen molar-refractivity contribution in [2.24, 2.45) is 0 Å². The maximum Gasteiger partial charge on any atom is 0.330 e. The normalized spacial score (nSPS) is 28.5. The van der Waals surface area contributed by atoms with Crippen molar-refractivity contribution in [3.63, 3.8) is 0 Å². The molecule has 2 N–H and O–H groups in total. The minimum absolute atomic E-state index is 0.168. The van der Waals surface area contributed by atoms with E-state index in [0.717, 1.165) is 0 Å². The van der Waals surface area contributed by atoms with Crippen LogP contribution in [0.5, 0.6) is 0 Å². The lowest BCUT2D eigenvalue weighted by Crippen LogP contribution is -2.36. The van der Waals surface area contributed by atoms with Crippen LogP contribution in [0.2, 0.25) is 0 Å². The molecule has 12 heteroatoms. The summed E-state index contributed by atoms with van der Waals surface area (Å²) in [4.78, 5) is 45.0. The summed E-state index contributed by atoms with van der Waals surface area (Å²) < 4.78 is 27.0.